The van der Waals surface area contributed by atoms with Gasteiger partial charge >= 0.3 is 0 Å². The Morgan fingerprint density at radius 3 is 2.48 bits per heavy atom. The van der Waals surface area contributed by atoms with Gasteiger partial charge in [-0.05, 0) is 60.5 Å². The van der Waals surface area contributed by atoms with Crippen LogP contribution in [0.1, 0.15) is 41.9 Å². The van der Waals surface area contributed by atoms with Crippen molar-refractivity contribution in [1.29, 1.82) is 0 Å². The van der Waals surface area contributed by atoms with Crippen molar-refractivity contribution in [3.8, 4) is 11.3 Å². The van der Waals surface area contributed by atoms with Gasteiger partial charge < -0.3 is 14.6 Å². The van der Waals surface area contributed by atoms with Crippen molar-refractivity contribution < 1.29 is 18.4 Å². The zero-order chi connectivity index (χ0) is 22.0. The summed E-state index contributed by atoms with van der Waals surface area (Å²) in [5, 5.41) is 2.90. The Labute approximate surface area is 180 Å². The second-order valence-corrected chi connectivity index (χ2v) is 8.27. The van der Waals surface area contributed by atoms with E-state index in [-0.39, 0.29) is 17.6 Å². The predicted octanol–water partition coefficient (Wildman–Crippen LogP) is 5.27. The maximum atomic E-state index is 13.1. The molecule has 0 unspecified atom stereocenters. The van der Waals surface area contributed by atoms with Crippen molar-refractivity contribution in [1.82, 2.24) is 4.90 Å². The summed E-state index contributed by atoms with van der Waals surface area (Å²) in [6.45, 7) is 5.03. The lowest BCUT2D eigenvalue weighted by atomic mass is 10.1. The Hall–Kier alpha value is -3.41. The number of furan rings is 1. The Balaban J connectivity index is 1.45. The number of fused-ring (bicyclic) bond motifs is 1. The standard InChI is InChI=1S/C25H25FN2O3/c1-16(2)13-24(29)27-21-9-5-17(6-10-21)23-14-19-15-28(12-11-22(19)31-23)25(30)18-3-7-20(26)8-4-18/h3-10,14,16H,11-13,15H2,1-2H3,(H,27,29). The molecule has 4 rings (SSSR count). The van der Waals surface area contributed by atoms with Crippen molar-refractivity contribution in [2.45, 2.75) is 33.2 Å². The van der Waals surface area contributed by atoms with Crippen molar-refractivity contribution in [2.75, 3.05) is 11.9 Å². The number of nitrogens with one attached hydrogen (secondary N) is 1. The monoisotopic (exact) mass is 420 g/mol. The third-order valence-electron chi connectivity index (χ3n) is 5.29. The van der Waals surface area contributed by atoms with E-state index in [4.69, 9.17) is 4.42 Å². The molecule has 0 bridgehead atoms. The van der Waals surface area contributed by atoms with Gasteiger partial charge in [0.25, 0.3) is 5.91 Å². The summed E-state index contributed by atoms with van der Waals surface area (Å²) >= 11 is 0. The lowest BCUT2D eigenvalue weighted by molar-refractivity contribution is -0.116. The highest BCUT2D eigenvalue weighted by molar-refractivity contribution is 5.94. The molecule has 0 aliphatic carbocycles. The first kappa shape index (κ1) is 20.8. The zero-order valence-electron chi connectivity index (χ0n) is 17.7. The molecule has 0 saturated heterocycles. The molecular formula is C25H25FN2O3. The van der Waals surface area contributed by atoms with Crippen LogP contribution in [-0.2, 0) is 17.8 Å². The van der Waals surface area contributed by atoms with E-state index in [0.717, 1.165) is 28.3 Å². The first-order valence-corrected chi connectivity index (χ1v) is 10.5. The van der Waals surface area contributed by atoms with Crippen LogP contribution in [0.4, 0.5) is 10.1 Å². The summed E-state index contributed by atoms with van der Waals surface area (Å²) < 4.78 is 19.2. The Bertz CT molecular complexity index is 1080. The van der Waals surface area contributed by atoms with E-state index in [1.54, 1.807) is 4.90 Å². The molecule has 2 aromatic carbocycles. The first-order valence-electron chi connectivity index (χ1n) is 10.5. The van der Waals surface area contributed by atoms with Crippen molar-refractivity contribution in [3.05, 3.63) is 77.3 Å². The van der Waals surface area contributed by atoms with Crippen LogP contribution in [0.15, 0.2) is 59.0 Å². The number of carbonyl (C=O) groups excluding carboxylic acids is 2. The second kappa shape index (κ2) is 8.76. The minimum Gasteiger partial charge on any atom is -0.461 e. The molecule has 160 valence electrons. The van der Waals surface area contributed by atoms with E-state index >= 15 is 0 Å². The van der Waals surface area contributed by atoms with Crippen LogP contribution < -0.4 is 5.32 Å². The van der Waals surface area contributed by atoms with Gasteiger partial charge in [-0.15, -0.1) is 0 Å². The second-order valence-electron chi connectivity index (χ2n) is 8.27. The summed E-state index contributed by atoms with van der Waals surface area (Å²) in [6.07, 6.45) is 1.12. The zero-order valence-corrected chi connectivity index (χ0v) is 17.7. The van der Waals surface area contributed by atoms with Gasteiger partial charge in [-0.3, -0.25) is 9.59 Å². The highest BCUT2D eigenvalue weighted by Crippen LogP contribution is 2.30. The van der Waals surface area contributed by atoms with Gasteiger partial charge in [-0.25, -0.2) is 4.39 Å². The summed E-state index contributed by atoms with van der Waals surface area (Å²) in [5.41, 5.74) is 3.11. The molecule has 1 N–H and O–H groups in total. The van der Waals surface area contributed by atoms with Crippen LogP contribution in [0.5, 0.6) is 0 Å². The molecule has 0 radical (unpaired) electrons. The van der Waals surface area contributed by atoms with Gasteiger partial charge in [0.2, 0.25) is 5.91 Å². The van der Waals surface area contributed by atoms with Crippen LogP contribution in [0.3, 0.4) is 0 Å². The van der Waals surface area contributed by atoms with Gasteiger partial charge in [-0.1, -0.05) is 13.8 Å². The normalized spacial score (nSPS) is 13.2. The van der Waals surface area contributed by atoms with E-state index in [1.165, 1.54) is 24.3 Å². The fraction of sp³-hybridized carbons (Fsp3) is 0.280. The maximum Gasteiger partial charge on any atom is 0.254 e. The SMILES string of the molecule is CC(C)CC(=O)Nc1ccc(-c2cc3c(o2)CCN(C(=O)c2ccc(F)cc2)C3)cc1. The van der Waals surface area contributed by atoms with Crippen LogP contribution in [0.25, 0.3) is 11.3 Å². The predicted molar refractivity (Wildman–Crippen MR) is 117 cm³/mol. The number of rotatable bonds is 5. The largest absolute Gasteiger partial charge is 0.461 e. The maximum absolute atomic E-state index is 13.1. The van der Waals surface area contributed by atoms with Crippen molar-refractivity contribution in [2.24, 2.45) is 5.92 Å². The summed E-state index contributed by atoms with van der Waals surface area (Å²) in [5.74, 6) is 1.45. The smallest absolute Gasteiger partial charge is 0.254 e. The number of benzene rings is 2. The van der Waals surface area contributed by atoms with E-state index in [9.17, 15) is 14.0 Å². The fourth-order valence-corrected chi connectivity index (χ4v) is 3.72. The van der Waals surface area contributed by atoms with Gasteiger partial charge in [-0.2, -0.15) is 0 Å². The number of halogens is 1. The molecule has 5 nitrogen and oxygen atoms in total. The summed E-state index contributed by atoms with van der Waals surface area (Å²) in [4.78, 5) is 26.4. The minimum absolute atomic E-state index is 0.00197. The Morgan fingerprint density at radius 2 is 1.81 bits per heavy atom. The first-order chi connectivity index (χ1) is 14.9. The third kappa shape index (κ3) is 4.85. The van der Waals surface area contributed by atoms with Crippen LogP contribution in [0.2, 0.25) is 0 Å². The van der Waals surface area contributed by atoms with E-state index in [1.807, 2.05) is 44.2 Å². The number of hydrogen-bond acceptors (Lipinski definition) is 3. The molecule has 1 aliphatic rings. The number of amides is 2. The molecular weight excluding hydrogens is 395 g/mol. The molecule has 0 fully saturated rings. The minimum atomic E-state index is -0.359. The Kier molecular flexibility index (Phi) is 5.89. The van der Waals surface area contributed by atoms with E-state index < -0.39 is 0 Å². The quantitative estimate of drug-likeness (QED) is 0.612. The topological polar surface area (TPSA) is 62.6 Å². The molecule has 6 heteroatoms. The van der Waals surface area contributed by atoms with Gasteiger partial charge in [0, 0.05) is 48.3 Å². The van der Waals surface area contributed by atoms with Gasteiger partial charge in [0.15, 0.2) is 0 Å². The fourth-order valence-electron chi connectivity index (χ4n) is 3.72. The van der Waals surface area contributed by atoms with E-state index in [2.05, 4.69) is 5.32 Å². The average Bonchev–Trinajstić information content (AvgIpc) is 3.17. The molecule has 0 atom stereocenters. The Morgan fingerprint density at radius 1 is 1.10 bits per heavy atom. The van der Waals surface area contributed by atoms with Gasteiger partial charge in [0.05, 0.1) is 0 Å². The highest BCUT2D eigenvalue weighted by Gasteiger charge is 2.25. The van der Waals surface area contributed by atoms with Crippen LogP contribution in [0, 0.1) is 11.7 Å². The molecule has 2 amide bonds. The molecule has 0 saturated carbocycles. The van der Waals surface area contributed by atoms with E-state index in [0.29, 0.717) is 37.4 Å². The molecule has 0 spiro atoms. The van der Waals surface area contributed by atoms with Crippen molar-refractivity contribution >= 4 is 17.5 Å². The van der Waals surface area contributed by atoms with Crippen molar-refractivity contribution in [3.63, 3.8) is 0 Å². The lowest BCUT2D eigenvalue weighted by Crippen LogP contribution is -2.35. The lowest BCUT2D eigenvalue weighted by Gasteiger charge is -2.26. The van der Waals surface area contributed by atoms with Gasteiger partial charge in [0.1, 0.15) is 17.3 Å². The average molecular weight is 420 g/mol. The number of hydrogen-bond donors (Lipinski definition) is 1. The molecule has 2 heterocycles. The number of anilines is 1. The summed E-state index contributed by atoms with van der Waals surface area (Å²) in [6, 6.07) is 15.1. The molecule has 1 aromatic heterocycles. The number of carbonyl (C=O) groups is 2. The third-order valence-corrected chi connectivity index (χ3v) is 5.29. The highest BCUT2D eigenvalue weighted by atomic mass is 19.1. The summed E-state index contributed by atoms with van der Waals surface area (Å²) in [7, 11) is 0. The molecule has 31 heavy (non-hydrogen) atoms. The number of nitrogens with zero attached hydrogens (tertiary/aromatic N) is 1. The van der Waals surface area contributed by atoms with Crippen LogP contribution >= 0.6 is 0 Å². The molecule has 3 aromatic rings. The molecule has 1 aliphatic heterocycles. The van der Waals surface area contributed by atoms with Crippen LogP contribution in [-0.4, -0.2) is 23.3 Å².